The van der Waals surface area contributed by atoms with Crippen molar-refractivity contribution in [1.82, 2.24) is 4.98 Å². The molecule has 0 saturated heterocycles. The second-order valence-corrected chi connectivity index (χ2v) is 3.98. The highest BCUT2D eigenvalue weighted by molar-refractivity contribution is 5.94. The summed E-state index contributed by atoms with van der Waals surface area (Å²) in [5.41, 5.74) is 5.82. The van der Waals surface area contributed by atoms with Gasteiger partial charge in [-0.1, -0.05) is 20.3 Å². The van der Waals surface area contributed by atoms with Crippen LogP contribution in [0.5, 0.6) is 5.75 Å². The molecule has 0 aliphatic heterocycles. The van der Waals surface area contributed by atoms with E-state index in [4.69, 9.17) is 10.5 Å². The molecule has 0 saturated carbocycles. The van der Waals surface area contributed by atoms with E-state index in [0.717, 1.165) is 6.42 Å². The average molecular weight is 237 g/mol. The van der Waals surface area contributed by atoms with Gasteiger partial charge in [0.2, 0.25) is 5.91 Å². The predicted molar refractivity (Wildman–Crippen MR) is 66.8 cm³/mol. The summed E-state index contributed by atoms with van der Waals surface area (Å²) in [5.74, 6) is 1.02. The zero-order valence-electron chi connectivity index (χ0n) is 10.4. The number of pyridine rings is 1. The van der Waals surface area contributed by atoms with Crippen molar-refractivity contribution in [2.24, 2.45) is 11.7 Å². The zero-order valence-corrected chi connectivity index (χ0v) is 10.4. The lowest BCUT2D eigenvalue weighted by molar-refractivity contribution is -0.118. The molecule has 5 nitrogen and oxygen atoms in total. The van der Waals surface area contributed by atoms with Gasteiger partial charge >= 0.3 is 0 Å². The lowest BCUT2D eigenvalue weighted by Crippen LogP contribution is -2.40. The van der Waals surface area contributed by atoms with Gasteiger partial charge in [0.1, 0.15) is 11.6 Å². The minimum Gasteiger partial charge on any atom is -0.497 e. The fourth-order valence-electron chi connectivity index (χ4n) is 1.33. The summed E-state index contributed by atoms with van der Waals surface area (Å²) >= 11 is 0. The number of hydrogen-bond donors (Lipinski definition) is 2. The summed E-state index contributed by atoms with van der Waals surface area (Å²) in [6.45, 7) is 3.95. The van der Waals surface area contributed by atoms with E-state index in [2.05, 4.69) is 10.3 Å². The van der Waals surface area contributed by atoms with Crippen molar-refractivity contribution in [1.29, 1.82) is 0 Å². The van der Waals surface area contributed by atoms with Gasteiger partial charge in [-0.3, -0.25) is 4.79 Å². The number of aromatic nitrogens is 1. The molecular weight excluding hydrogens is 218 g/mol. The molecule has 0 aliphatic carbocycles. The normalized spacial score (nSPS) is 13.9. The second-order valence-electron chi connectivity index (χ2n) is 3.98. The molecule has 1 heterocycles. The third kappa shape index (κ3) is 3.71. The zero-order chi connectivity index (χ0) is 12.8. The third-order valence-corrected chi connectivity index (χ3v) is 2.78. The molecule has 2 atom stereocenters. The van der Waals surface area contributed by atoms with Crippen molar-refractivity contribution in [3.05, 3.63) is 18.3 Å². The second kappa shape index (κ2) is 6.20. The summed E-state index contributed by atoms with van der Waals surface area (Å²) < 4.78 is 5.04. The number of carbonyl (C=O) groups excluding carboxylic acids is 1. The highest BCUT2D eigenvalue weighted by Gasteiger charge is 2.19. The van der Waals surface area contributed by atoms with Crippen LogP contribution in [0.1, 0.15) is 20.3 Å². The molecule has 1 aromatic rings. The maximum atomic E-state index is 11.8. The number of ether oxygens (including phenoxy) is 1. The van der Waals surface area contributed by atoms with Crippen molar-refractivity contribution in [3.63, 3.8) is 0 Å². The number of hydrogen-bond acceptors (Lipinski definition) is 4. The molecule has 0 aliphatic rings. The quantitative estimate of drug-likeness (QED) is 0.811. The molecule has 2 unspecified atom stereocenters. The lowest BCUT2D eigenvalue weighted by atomic mass is 9.99. The van der Waals surface area contributed by atoms with E-state index >= 15 is 0 Å². The van der Waals surface area contributed by atoms with E-state index in [0.29, 0.717) is 11.6 Å². The Morgan fingerprint density at radius 3 is 2.94 bits per heavy atom. The van der Waals surface area contributed by atoms with Crippen LogP contribution in [0.15, 0.2) is 18.3 Å². The molecule has 1 rings (SSSR count). The van der Waals surface area contributed by atoms with Gasteiger partial charge in [-0.05, 0) is 12.0 Å². The first kappa shape index (κ1) is 13.4. The summed E-state index contributed by atoms with van der Waals surface area (Å²) in [5, 5.41) is 2.68. The summed E-state index contributed by atoms with van der Waals surface area (Å²) in [6.07, 6.45) is 2.43. The van der Waals surface area contributed by atoms with Gasteiger partial charge in [-0.2, -0.15) is 0 Å². The first-order valence-corrected chi connectivity index (χ1v) is 5.65. The highest BCUT2D eigenvalue weighted by atomic mass is 16.5. The number of nitrogens with two attached hydrogens (primary N) is 1. The van der Waals surface area contributed by atoms with Crippen molar-refractivity contribution in [2.75, 3.05) is 12.4 Å². The molecule has 0 spiro atoms. The van der Waals surface area contributed by atoms with Crippen molar-refractivity contribution in [3.8, 4) is 5.75 Å². The minimum atomic E-state index is -0.520. The van der Waals surface area contributed by atoms with E-state index in [1.54, 1.807) is 25.4 Å². The first-order chi connectivity index (χ1) is 8.08. The third-order valence-electron chi connectivity index (χ3n) is 2.78. The number of nitrogens with zero attached hydrogens (tertiary/aromatic N) is 1. The molecule has 0 radical (unpaired) electrons. The number of carbonyl (C=O) groups is 1. The molecule has 0 fully saturated rings. The number of rotatable bonds is 5. The SMILES string of the molecule is CCC(C)C(N)C(=O)Nc1cc(OC)ccn1. The number of methoxy groups -OCH3 is 1. The van der Waals surface area contributed by atoms with Gasteiger partial charge in [0, 0.05) is 12.3 Å². The van der Waals surface area contributed by atoms with E-state index < -0.39 is 6.04 Å². The van der Waals surface area contributed by atoms with Crippen LogP contribution >= 0.6 is 0 Å². The Hall–Kier alpha value is -1.62. The van der Waals surface area contributed by atoms with E-state index in [1.165, 1.54) is 0 Å². The van der Waals surface area contributed by atoms with Crippen LogP contribution in [0.3, 0.4) is 0 Å². The first-order valence-electron chi connectivity index (χ1n) is 5.65. The molecule has 0 bridgehead atoms. The molecule has 5 heteroatoms. The largest absolute Gasteiger partial charge is 0.497 e. The Bertz CT molecular complexity index is 382. The van der Waals surface area contributed by atoms with Gasteiger partial charge in [-0.25, -0.2) is 4.98 Å². The number of amides is 1. The van der Waals surface area contributed by atoms with Gasteiger partial charge in [-0.15, -0.1) is 0 Å². The summed E-state index contributed by atoms with van der Waals surface area (Å²) in [7, 11) is 1.56. The average Bonchev–Trinajstić information content (AvgIpc) is 2.37. The monoisotopic (exact) mass is 237 g/mol. The molecule has 17 heavy (non-hydrogen) atoms. The van der Waals surface area contributed by atoms with E-state index in [9.17, 15) is 4.79 Å². The van der Waals surface area contributed by atoms with E-state index in [-0.39, 0.29) is 11.8 Å². The molecular formula is C12H19N3O2. The Morgan fingerprint density at radius 2 is 2.35 bits per heavy atom. The van der Waals surface area contributed by atoms with Crippen LogP contribution in [0.2, 0.25) is 0 Å². The fraction of sp³-hybridized carbons (Fsp3) is 0.500. The van der Waals surface area contributed by atoms with Gasteiger partial charge < -0.3 is 15.8 Å². The Balaban J connectivity index is 2.67. The number of nitrogens with one attached hydrogen (secondary N) is 1. The Kier molecular flexibility index (Phi) is 4.90. The molecule has 1 aromatic heterocycles. The fourth-order valence-corrected chi connectivity index (χ4v) is 1.33. The Morgan fingerprint density at radius 1 is 1.65 bits per heavy atom. The van der Waals surface area contributed by atoms with Crippen molar-refractivity contribution < 1.29 is 9.53 Å². The van der Waals surface area contributed by atoms with Crippen molar-refractivity contribution in [2.45, 2.75) is 26.3 Å². The van der Waals surface area contributed by atoms with Gasteiger partial charge in [0.15, 0.2) is 0 Å². The number of anilines is 1. The smallest absolute Gasteiger partial charge is 0.242 e. The van der Waals surface area contributed by atoms with Crippen LogP contribution in [0.4, 0.5) is 5.82 Å². The molecule has 1 amide bonds. The van der Waals surface area contributed by atoms with Crippen LogP contribution < -0.4 is 15.8 Å². The van der Waals surface area contributed by atoms with E-state index in [1.807, 2.05) is 13.8 Å². The minimum absolute atomic E-state index is 0.139. The van der Waals surface area contributed by atoms with Crippen LogP contribution in [-0.2, 0) is 4.79 Å². The molecule has 94 valence electrons. The van der Waals surface area contributed by atoms with Crippen LogP contribution in [-0.4, -0.2) is 24.0 Å². The predicted octanol–water partition coefficient (Wildman–Crippen LogP) is 1.40. The van der Waals surface area contributed by atoms with Crippen LogP contribution in [0, 0.1) is 5.92 Å². The lowest BCUT2D eigenvalue weighted by Gasteiger charge is -2.17. The molecule has 3 N–H and O–H groups in total. The maximum absolute atomic E-state index is 11.8. The van der Waals surface area contributed by atoms with Crippen LogP contribution in [0.25, 0.3) is 0 Å². The van der Waals surface area contributed by atoms with Crippen molar-refractivity contribution >= 4 is 11.7 Å². The molecule has 0 aromatic carbocycles. The highest BCUT2D eigenvalue weighted by Crippen LogP contribution is 2.14. The topological polar surface area (TPSA) is 77.2 Å². The standard InChI is InChI=1S/C12H19N3O2/c1-4-8(2)11(13)12(16)15-10-7-9(17-3)5-6-14-10/h5-8,11H,4,13H2,1-3H3,(H,14,15,16). The van der Waals surface area contributed by atoms with Gasteiger partial charge in [0.05, 0.1) is 13.2 Å². The maximum Gasteiger partial charge on any atom is 0.242 e. The Labute approximate surface area is 101 Å². The summed E-state index contributed by atoms with van der Waals surface area (Å²) in [4.78, 5) is 15.8. The summed E-state index contributed by atoms with van der Waals surface area (Å²) in [6, 6.07) is 2.85. The van der Waals surface area contributed by atoms with Gasteiger partial charge in [0.25, 0.3) is 0 Å².